The number of hydrogen-bond acceptors (Lipinski definition) is 2. The smallest absolute Gasteiger partial charge is 0.0627 e. The van der Waals surface area contributed by atoms with Crippen molar-refractivity contribution in [2.45, 2.75) is 44.1 Å². The summed E-state index contributed by atoms with van der Waals surface area (Å²) in [5.74, 6) is 0. The number of fused-ring (bicyclic) bond motifs is 2. The third-order valence-electron chi connectivity index (χ3n) is 3.49. The monoisotopic (exact) mass is 186 g/mol. The number of halogens is 1. The van der Waals surface area contributed by atoms with Crippen molar-refractivity contribution < 1.29 is 0 Å². The summed E-state index contributed by atoms with van der Waals surface area (Å²) in [6, 6.07) is 2.29. The summed E-state index contributed by atoms with van der Waals surface area (Å²) in [7, 11) is 0. The fourth-order valence-corrected chi connectivity index (χ4v) is 2.79. The van der Waals surface area contributed by atoms with Crippen LogP contribution in [0.4, 0.5) is 0 Å². The minimum atomic E-state index is 0. The predicted molar refractivity (Wildman–Crippen MR) is 49.9 cm³/mol. The van der Waals surface area contributed by atoms with Gasteiger partial charge in [-0.1, -0.05) is 0 Å². The van der Waals surface area contributed by atoms with E-state index in [9.17, 15) is 0 Å². The Hall–Kier alpha value is -0.260. The summed E-state index contributed by atoms with van der Waals surface area (Å²) in [6.07, 6.45) is 6.51. The van der Waals surface area contributed by atoms with E-state index in [1.54, 1.807) is 0 Å². The van der Waals surface area contributed by atoms with Gasteiger partial charge in [-0.25, -0.2) is 0 Å². The van der Waals surface area contributed by atoms with Crippen LogP contribution in [0.2, 0.25) is 0 Å². The van der Waals surface area contributed by atoms with Gasteiger partial charge in [0.1, 0.15) is 0 Å². The highest BCUT2D eigenvalue weighted by molar-refractivity contribution is 5.85. The lowest BCUT2D eigenvalue weighted by molar-refractivity contribution is 0.300. The van der Waals surface area contributed by atoms with E-state index >= 15 is 0 Å². The third-order valence-corrected chi connectivity index (χ3v) is 3.49. The first-order valence-corrected chi connectivity index (χ1v) is 4.34. The Labute approximate surface area is 79.5 Å². The molecular weight excluding hydrogens is 172 g/mol. The Balaban J connectivity index is 0.000000720. The minimum Gasteiger partial charge on any atom is -0.325 e. The van der Waals surface area contributed by atoms with E-state index in [0.717, 1.165) is 25.7 Å². The number of nitrogens with two attached hydrogens (primary N) is 1. The summed E-state index contributed by atoms with van der Waals surface area (Å²) in [6.45, 7) is 0. The molecule has 2 N–H and O–H groups in total. The first-order valence-electron chi connectivity index (χ1n) is 4.34. The molecule has 0 amide bonds. The second-order valence-electron chi connectivity index (χ2n) is 4.37. The molecule has 0 atom stereocenters. The zero-order chi connectivity index (χ0) is 7.95. The van der Waals surface area contributed by atoms with Crippen LogP contribution in [0.25, 0.3) is 0 Å². The second kappa shape index (κ2) is 2.90. The maximum atomic E-state index is 8.63. The molecular formula is C9H15ClN2. The fourth-order valence-electron chi connectivity index (χ4n) is 2.79. The van der Waals surface area contributed by atoms with Crippen LogP contribution < -0.4 is 5.73 Å². The number of hydrogen-bond donors (Lipinski definition) is 1. The maximum absolute atomic E-state index is 8.63. The van der Waals surface area contributed by atoms with Gasteiger partial charge >= 0.3 is 0 Å². The lowest BCUT2D eigenvalue weighted by atomic mass is 9.82. The minimum absolute atomic E-state index is 0. The normalized spacial score (nSPS) is 43.7. The Morgan fingerprint density at radius 1 is 1.25 bits per heavy atom. The summed E-state index contributed by atoms with van der Waals surface area (Å²) in [5.41, 5.74) is 6.56. The molecule has 0 spiro atoms. The van der Waals surface area contributed by atoms with E-state index in [-0.39, 0.29) is 17.9 Å². The van der Waals surface area contributed by atoms with Crippen molar-refractivity contribution >= 4 is 12.4 Å². The zero-order valence-corrected chi connectivity index (χ0v) is 7.99. The average Bonchev–Trinajstić information content (AvgIpc) is 2.42. The van der Waals surface area contributed by atoms with Gasteiger partial charge in [0, 0.05) is 12.0 Å². The Kier molecular flexibility index (Phi) is 2.38. The van der Waals surface area contributed by atoms with Gasteiger partial charge in [-0.2, -0.15) is 5.26 Å². The van der Waals surface area contributed by atoms with Crippen molar-refractivity contribution in [2.24, 2.45) is 11.1 Å². The van der Waals surface area contributed by atoms with E-state index < -0.39 is 0 Å². The van der Waals surface area contributed by atoms with Gasteiger partial charge in [0.05, 0.1) is 6.07 Å². The molecule has 0 unspecified atom stereocenters. The molecule has 0 heterocycles. The summed E-state index contributed by atoms with van der Waals surface area (Å²) in [4.78, 5) is 0. The van der Waals surface area contributed by atoms with Crippen LogP contribution in [0.3, 0.4) is 0 Å². The van der Waals surface area contributed by atoms with Crippen LogP contribution in [0, 0.1) is 16.7 Å². The van der Waals surface area contributed by atoms with Crippen molar-refractivity contribution in [1.29, 1.82) is 5.26 Å². The van der Waals surface area contributed by atoms with Gasteiger partial charge in [-0.05, 0) is 37.5 Å². The van der Waals surface area contributed by atoms with Crippen LogP contribution in [-0.2, 0) is 0 Å². The van der Waals surface area contributed by atoms with Crippen LogP contribution in [0.1, 0.15) is 38.5 Å². The van der Waals surface area contributed by atoms with Crippen LogP contribution in [-0.4, -0.2) is 5.54 Å². The molecule has 0 radical (unpaired) electrons. The van der Waals surface area contributed by atoms with Gasteiger partial charge in [-0.15, -0.1) is 12.4 Å². The number of nitrogens with zero attached hydrogens (tertiary/aromatic N) is 1. The largest absolute Gasteiger partial charge is 0.325 e. The van der Waals surface area contributed by atoms with E-state index in [4.69, 9.17) is 11.0 Å². The Morgan fingerprint density at radius 3 is 2.17 bits per heavy atom. The summed E-state index contributed by atoms with van der Waals surface area (Å²) in [5, 5.41) is 8.63. The molecule has 2 rings (SSSR count). The topological polar surface area (TPSA) is 49.8 Å². The average molecular weight is 187 g/mol. The van der Waals surface area contributed by atoms with E-state index in [0.29, 0.717) is 5.41 Å². The molecule has 2 saturated carbocycles. The molecule has 68 valence electrons. The Bertz CT molecular complexity index is 211. The number of nitriles is 1. The van der Waals surface area contributed by atoms with E-state index in [2.05, 4.69) is 6.07 Å². The second-order valence-corrected chi connectivity index (χ2v) is 4.37. The van der Waals surface area contributed by atoms with Crippen LogP contribution in [0.5, 0.6) is 0 Å². The fraction of sp³-hybridized carbons (Fsp3) is 0.889. The maximum Gasteiger partial charge on any atom is 0.0627 e. The molecule has 0 aromatic carbocycles. The molecule has 0 aliphatic heterocycles. The van der Waals surface area contributed by atoms with Gasteiger partial charge in [0.15, 0.2) is 0 Å². The molecule has 2 fully saturated rings. The van der Waals surface area contributed by atoms with Crippen molar-refractivity contribution in [1.82, 2.24) is 0 Å². The summed E-state index contributed by atoms with van der Waals surface area (Å²) < 4.78 is 0. The summed E-state index contributed by atoms with van der Waals surface area (Å²) >= 11 is 0. The zero-order valence-electron chi connectivity index (χ0n) is 7.18. The molecule has 0 aromatic heterocycles. The number of rotatable bonds is 1. The molecule has 2 bridgehead atoms. The molecule has 3 heteroatoms. The quantitative estimate of drug-likeness (QED) is 0.681. The predicted octanol–water partition coefficient (Wildman–Crippen LogP) is 1.98. The van der Waals surface area contributed by atoms with Crippen molar-refractivity contribution in [3.8, 4) is 6.07 Å². The van der Waals surface area contributed by atoms with Crippen LogP contribution >= 0.6 is 12.4 Å². The lowest BCUT2D eigenvalue weighted by Crippen LogP contribution is -2.33. The van der Waals surface area contributed by atoms with Gasteiger partial charge in [-0.3, -0.25) is 0 Å². The van der Waals surface area contributed by atoms with E-state index in [1.807, 2.05) is 0 Å². The Morgan fingerprint density at radius 2 is 1.83 bits per heavy atom. The molecule has 2 nitrogen and oxygen atoms in total. The van der Waals surface area contributed by atoms with Crippen molar-refractivity contribution in [3.63, 3.8) is 0 Å². The molecule has 12 heavy (non-hydrogen) atoms. The third kappa shape index (κ3) is 1.32. The van der Waals surface area contributed by atoms with Crippen LogP contribution in [0.15, 0.2) is 0 Å². The SMILES string of the molecule is Cl.N#CCC12CCC(N)(CC1)C2. The standard InChI is InChI=1S/C9H14N2.ClH/c10-6-5-8-1-3-9(11,7-8)4-2-8;/h1-5,7,11H2;1H. The highest BCUT2D eigenvalue weighted by Gasteiger charge is 2.51. The van der Waals surface area contributed by atoms with E-state index in [1.165, 1.54) is 12.8 Å². The van der Waals surface area contributed by atoms with Gasteiger partial charge < -0.3 is 5.73 Å². The van der Waals surface area contributed by atoms with Crippen molar-refractivity contribution in [3.05, 3.63) is 0 Å². The highest BCUT2D eigenvalue weighted by Crippen LogP contribution is 2.56. The molecule has 2 aliphatic carbocycles. The van der Waals surface area contributed by atoms with Gasteiger partial charge in [0.25, 0.3) is 0 Å². The first-order chi connectivity index (χ1) is 5.18. The lowest BCUT2D eigenvalue weighted by Gasteiger charge is -2.23. The highest BCUT2D eigenvalue weighted by atomic mass is 35.5. The first kappa shape index (κ1) is 9.83. The van der Waals surface area contributed by atoms with Crippen molar-refractivity contribution in [2.75, 3.05) is 0 Å². The molecule has 0 aromatic rings. The molecule has 2 aliphatic rings. The van der Waals surface area contributed by atoms with Gasteiger partial charge in [0.2, 0.25) is 0 Å². The molecule has 0 saturated heterocycles.